The summed E-state index contributed by atoms with van der Waals surface area (Å²) < 4.78 is 20.4. The van der Waals surface area contributed by atoms with E-state index in [0.29, 0.717) is 33.7 Å². The molecular weight excluding hydrogens is 505 g/mol. The number of anilines is 1. The Balaban J connectivity index is 1.75. The van der Waals surface area contributed by atoms with Crippen molar-refractivity contribution < 1.29 is 23.8 Å². The predicted molar refractivity (Wildman–Crippen MR) is 155 cm³/mol. The largest absolute Gasteiger partial charge is 0.484 e. The number of halogens is 1. The second kappa shape index (κ2) is 10.9. The molecule has 1 amide bonds. The summed E-state index contributed by atoms with van der Waals surface area (Å²) >= 11 is 0. The molecular formula is C34H30FNO4. The summed E-state index contributed by atoms with van der Waals surface area (Å²) in [4.78, 5) is 28.2. The summed E-state index contributed by atoms with van der Waals surface area (Å²) in [5.41, 5.74) is 2.19. The van der Waals surface area contributed by atoms with E-state index in [1.807, 2.05) is 48.6 Å². The first-order valence-corrected chi connectivity index (χ1v) is 13.1. The molecule has 0 saturated heterocycles. The van der Waals surface area contributed by atoms with Crippen LogP contribution in [0.4, 0.5) is 10.1 Å². The lowest BCUT2D eigenvalue weighted by Crippen LogP contribution is -2.55. The molecule has 202 valence electrons. The summed E-state index contributed by atoms with van der Waals surface area (Å²) in [7, 11) is 0. The number of ether oxygens (including phenoxy) is 1. The highest BCUT2D eigenvalue weighted by Crippen LogP contribution is 2.47. The Morgan fingerprint density at radius 1 is 0.875 bits per heavy atom. The number of Topliss-reactive ketones (excluding diaryl/α,β-unsaturated/α-hetero) is 1. The van der Waals surface area contributed by atoms with E-state index < -0.39 is 23.6 Å². The number of aliphatic hydroxyl groups is 1. The lowest BCUT2D eigenvalue weighted by Gasteiger charge is -2.47. The predicted octanol–water partition coefficient (Wildman–Crippen LogP) is 7.12. The molecule has 0 saturated carbocycles. The standard InChI is InChI=1S/C34H30FNO4/c1-22(37)26-20-25(15-14-23-10-6-4-7-11-23)31-29(21-26)30(32(38)34(2,3)40-31)36(28-18-16-27(35)17-19-28)33(39)24-12-8-5-9-13-24/h4-21,30,32,38H,1-3H3/t30-,32+/m0/s1. The average Bonchev–Trinajstić information content (AvgIpc) is 2.95. The van der Waals surface area contributed by atoms with Crippen LogP contribution in [-0.4, -0.2) is 28.5 Å². The maximum Gasteiger partial charge on any atom is 0.258 e. The second-order valence-electron chi connectivity index (χ2n) is 10.4. The van der Waals surface area contributed by atoms with Crippen LogP contribution in [0.2, 0.25) is 0 Å². The number of carbonyl (C=O) groups is 2. The Hall–Kier alpha value is -4.55. The molecule has 2 atom stereocenters. The van der Waals surface area contributed by atoms with Crippen molar-refractivity contribution in [2.24, 2.45) is 0 Å². The normalized spacial score (nSPS) is 17.6. The first kappa shape index (κ1) is 27.0. The smallest absolute Gasteiger partial charge is 0.258 e. The molecule has 0 unspecified atom stereocenters. The minimum absolute atomic E-state index is 0.169. The third-order valence-electron chi connectivity index (χ3n) is 7.13. The van der Waals surface area contributed by atoms with Crippen LogP contribution in [0.1, 0.15) is 64.2 Å². The van der Waals surface area contributed by atoms with Gasteiger partial charge in [0.05, 0.1) is 6.04 Å². The highest BCUT2D eigenvalue weighted by Gasteiger charge is 2.48. The number of ketones is 1. The fraction of sp³-hybridized carbons (Fsp3) is 0.176. The Kier molecular flexibility index (Phi) is 7.37. The zero-order valence-corrected chi connectivity index (χ0v) is 22.5. The van der Waals surface area contributed by atoms with Crippen LogP contribution in [0.3, 0.4) is 0 Å². The molecule has 4 aromatic rings. The van der Waals surface area contributed by atoms with Gasteiger partial charge in [0.25, 0.3) is 5.91 Å². The van der Waals surface area contributed by atoms with Gasteiger partial charge < -0.3 is 9.84 Å². The fourth-order valence-electron chi connectivity index (χ4n) is 4.97. The molecule has 1 N–H and O–H groups in total. The van der Waals surface area contributed by atoms with Crippen molar-refractivity contribution in [1.29, 1.82) is 0 Å². The summed E-state index contributed by atoms with van der Waals surface area (Å²) in [6.45, 7) is 4.98. The first-order valence-electron chi connectivity index (χ1n) is 13.1. The molecule has 0 bridgehead atoms. The third-order valence-corrected chi connectivity index (χ3v) is 7.13. The van der Waals surface area contributed by atoms with E-state index in [-0.39, 0.29) is 11.7 Å². The molecule has 0 fully saturated rings. The van der Waals surface area contributed by atoms with Gasteiger partial charge >= 0.3 is 0 Å². The molecule has 1 heterocycles. The Morgan fingerprint density at radius 3 is 2.12 bits per heavy atom. The number of rotatable bonds is 6. The number of carbonyl (C=O) groups excluding carboxylic acids is 2. The van der Waals surface area contributed by atoms with Gasteiger partial charge in [0.2, 0.25) is 0 Å². The fourth-order valence-corrected chi connectivity index (χ4v) is 4.97. The molecule has 1 aliphatic heterocycles. The van der Waals surface area contributed by atoms with Crippen LogP contribution < -0.4 is 9.64 Å². The summed E-state index contributed by atoms with van der Waals surface area (Å²) in [6, 6.07) is 26.5. The minimum atomic E-state index is -1.19. The van der Waals surface area contributed by atoms with Crippen LogP contribution in [0.15, 0.2) is 97.1 Å². The highest BCUT2D eigenvalue weighted by molar-refractivity contribution is 6.07. The molecule has 0 spiro atoms. The lowest BCUT2D eigenvalue weighted by atomic mass is 9.82. The van der Waals surface area contributed by atoms with Gasteiger partial charge in [0.15, 0.2) is 5.78 Å². The maximum atomic E-state index is 14.1. The van der Waals surface area contributed by atoms with Gasteiger partial charge in [-0.3, -0.25) is 14.5 Å². The molecule has 5 rings (SSSR count). The van der Waals surface area contributed by atoms with E-state index in [2.05, 4.69) is 0 Å². The number of hydrogen-bond acceptors (Lipinski definition) is 4. The average molecular weight is 536 g/mol. The van der Waals surface area contributed by atoms with E-state index >= 15 is 0 Å². The first-order chi connectivity index (χ1) is 19.2. The second-order valence-corrected chi connectivity index (χ2v) is 10.4. The van der Waals surface area contributed by atoms with Gasteiger partial charge in [0, 0.05) is 27.9 Å². The zero-order valence-electron chi connectivity index (χ0n) is 22.5. The number of nitrogens with zero attached hydrogens (tertiary/aromatic N) is 1. The van der Waals surface area contributed by atoms with Crippen LogP contribution in [0.25, 0.3) is 12.2 Å². The van der Waals surface area contributed by atoms with E-state index in [1.54, 1.807) is 50.2 Å². The van der Waals surface area contributed by atoms with Gasteiger partial charge in [-0.05, 0) is 74.9 Å². The van der Waals surface area contributed by atoms with Gasteiger partial charge in [-0.25, -0.2) is 4.39 Å². The topological polar surface area (TPSA) is 66.8 Å². The van der Waals surface area contributed by atoms with Crippen LogP contribution in [-0.2, 0) is 0 Å². The van der Waals surface area contributed by atoms with Crippen LogP contribution >= 0.6 is 0 Å². The molecule has 0 radical (unpaired) electrons. The highest BCUT2D eigenvalue weighted by atomic mass is 19.1. The molecule has 1 aliphatic rings. The van der Waals surface area contributed by atoms with Crippen LogP contribution in [0.5, 0.6) is 5.75 Å². The Bertz CT molecular complexity index is 1560. The summed E-state index contributed by atoms with van der Waals surface area (Å²) in [5, 5.41) is 11.8. The molecule has 6 heteroatoms. The Morgan fingerprint density at radius 2 is 1.50 bits per heavy atom. The third kappa shape index (κ3) is 5.31. The van der Waals surface area contributed by atoms with E-state index in [1.165, 1.54) is 36.1 Å². The Labute approximate surface area is 233 Å². The van der Waals surface area contributed by atoms with Crippen molar-refractivity contribution in [3.8, 4) is 5.75 Å². The van der Waals surface area contributed by atoms with Crippen LogP contribution in [0, 0.1) is 5.82 Å². The lowest BCUT2D eigenvalue weighted by molar-refractivity contribution is -0.0578. The number of benzene rings is 4. The van der Waals surface area contributed by atoms with Gasteiger partial charge in [-0.2, -0.15) is 0 Å². The number of hydrogen-bond donors (Lipinski definition) is 1. The maximum absolute atomic E-state index is 14.1. The molecule has 5 nitrogen and oxygen atoms in total. The summed E-state index contributed by atoms with van der Waals surface area (Å²) in [5.74, 6) is -0.533. The van der Waals surface area contributed by atoms with Crippen molar-refractivity contribution in [1.82, 2.24) is 0 Å². The molecule has 4 aromatic carbocycles. The molecule has 0 aliphatic carbocycles. The van der Waals surface area contributed by atoms with Crippen molar-refractivity contribution in [3.63, 3.8) is 0 Å². The van der Waals surface area contributed by atoms with Gasteiger partial charge in [-0.1, -0.05) is 60.7 Å². The number of aliphatic hydroxyl groups excluding tert-OH is 1. The zero-order chi connectivity index (χ0) is 28.4. The van der Waals surface area contributed by atoms with Crippen molar-refractivity contribution >= 4 is 29.5 Å². The van der Waals surface area contributed by atoms with E-state index in [0.717, 1.165) is 5.56 Å². The number of fused-ring (bicyclic) bond motifs is 1. The summed E-state index contributed by atoms with van der Waals surface area (Å²) in [6.07, 6.45) is 2.60. The van der Waals surface area contributed by atoms with Gasteiger partial charge in [-0.15, -0.1) is 0 Å². The van der Waals surface area contributed by atoms with Crippen molar-refractivity contribution in [2.75, 3.05) is 4.90 Å². The SMILES string of the molecule is CC(=O)c1cc(C=Cc2ccccc2)c2c(c1)[C@H](N(C(=O)c1ccccc1)c1ccc(F)cc1)[C@@H](O)C(C)(C)O2. The monoisotopic (exact) mass is 535 g/mol. The quantitative estimate of drug-likeness (QED) is 0.211. The molecule has 0 aromatic heterocycles. The minimum Gasteiger partial charge on any atom is -0.484 e. The van der Waals surface area contributed by atoms with E-state index in [4.69, 9.17) is 4.74 Å². The van der Waals surface area contributed by atoms with E-state index in [9.17, 15) is 19.1 Å². The van der Waals surface area contributed by atoms with Crippen molar-refractivity contribution in [3.05, 3.63) is 131 Å². The van der Waals surface area contributed by atoms with Crippen molar-refractivity contribution in [2.45, 2.75) is 38.5 Å². The molecule has 40 heavy (non-hydrogen) atoms. The van der Waals surface area contributed by atoms with Gasteiger partial charge in [0.1, 0.15) is 23.3 Å². The number of amides is 1.